The van der Waals surface area contributed by atoms with Crippen LogP contribution in [0.25, 0.3) is 21.9 Å². The van der Waals surface area contributed by atoms with Crippen molar-refractivity contribution in [2.24, 2.45) is 5.92 Å². The van der Waals surface area contributed by atoms with E-state index in [1.54, 1.807) is 0 Å². The second-order valence-corrected chi connectivity index (χ2v) is 11.5. The van der Waals surface area contributed by atoms with Crippen LogP contribution in [0.15, 0.2) is 89.7 Å². The average Bonchev–Trinajstić information content (AvgIpc) is 3.50. The molecule has 0 bridgehead atoms. The van der Waals surface area contributed by atoms with Crippen molar-refractivity contribution < 1.29 is 9.53 Å². The third kappa shape index (κ3) is 5.29. The molecule has 0 saturated heterocycles. The van der Waals surface area contributed by atoms with Crippen LogP contribution >= 0.6 is 0 Å². The molecule has 2 aromatic heterocycles. The van der Waals surface area contributed by atoms with Gasteiger partial charge in [-0.2, -0.15) is 0 Å². The highest BCUT2D eigenvalue weighted by atomic mass is 16.5. The van der Waals surface area contributed by atoms with E-state index in [0.717, 1.165) is 59.1 Å². The van der Waals surface area contributed by atoms with E-state index in [9.17, 15) is 9.59 Å². The molecule has 1 aliphatic rings. The Hall–Kier alpha value is -4.25. The summed E-state index contributed by atoms with van der Waals surface area (Å²) in [6.07, 6.45) is 4.09. The van der Waals surface area contributed by atoms with Gasteiger partial charge in [-0.1, -0.05) is 79.6 Å². The van der Waals surface area contributed by atoms with Gasteiger partial charge in [-0.3, -0.25) is 9.59 Å². The van der Waals surface area contributed by atoms with Gasteiger partial charge in [0.1, 0.15) is 11.8 Å². The summed E-state index contributed by atoms with van der Waals surface area (Å²) in [4.78, 5) is 31.8. The first-order chi connectivity index (χ1) is 19.9. The average molecular weight is 545 g/mol. The SMILES string of the molecule is Cc1cc(C)c2c(=O)c3ccccc3n(Cc3ccc(C(C(=O)OC(C)c4ccccc4)C4CCCC4)cc3)c2n1. The number of carbonyl (C=O) groups excluding carboxylic acids is 1. The van der Waals surface area contributed by atoms with E-state index in [1.165, 1.54) is 0 Å². The first-order valence-electron chi connectivity index (χ1n) is 14.6. The van der Waals surface area contributed by atoms with Gasteiger partial charge in [0.2, 0.25) is 0 Å². The molecule has 1 saturated carbocycles. The number of hydrogen-bond acceptors (Lipinski definition) is 4. The lowest BCUT2D eigenvalue weighted by Crippen LogP contribution is -2.24. The third-order valence-electron chi connectivity index (χ3n) is 8.61. The summed E-state index contributed by atoms with van der Waals surface area (Å²) >= 11 is 0. The van der Waals surface area contributed by atoms with Crippen LogP contribution in [0.4, 0.5) is 0 Å². The summed E-state index contributed by atoms with van der Waals surface area (Å²) in [6.45, 7) is 6.45. The zero-order chi connectivity index (χ0) is 28.5. The van der Waals surface area contributed by atoms with Crippen LogP contribution in [0.1, 0.15) is 72.6 Å². The van der Waals surface area contributed by atoms with Gasteiger partial charge in [-0.05, 0) is 80.0 Å². The van der Waals surface area contributed by atoms with Crippen molar-refractivity contribution in [2.45, 2.75) is 65.0 Å². The Kier molecular flexibility index (Phi) is 7.44. The Morgan fingerprint density at radius 1 is 0.927 bits per heavy atom. The molecular formula is C36H36N2O3. The monoisotopic (exact) mass is 544 g/mol. The number of nitrogens with zero attached hydrogens (tertiary/aromatic N) is 2. The standard InChI is InChI=1S/C36H36N2O3/c1-23-21-24(2)37-35-32(23)34(39)30-15-9-10-16-31(30)38(35)22-26-17-19-29(20-18-26)33(28-13-7-8-14-28)36(40)41-25(3)27-11-5-4-6-12-27/h4-6,9-12,15-21,25,28,33H,7-8,13-14,22H2,1-3H3. The Morgan fingerprint density at radius 3 is 2.34 bits per heavy atom. The molecule has 2 unspecified atom stereocenters. The van der Waals surface area contributed by atoms with Gasteiger partial charge in [-0.15, -0.1) is 0 Å². The quantitative estimate of drug-likeness (QED) is 0.155. The number of aryl methyl sites for hydroxylation is 2. The molecule has 1 fully saturated rings. The first kappa shape index (κ1) is 26.9. The van der Waals surface area contributed by atoms with Gasteiger partial charge < -0.3 is 9.30 Å². The number of pyridine rings is 2. The molecule has 41 heavy (non-hydrogen) atoms. The molecule has 5 nitrogen and oxygen atoms in total. The van der Waals surface area contributed by atoms with Crippen LogP contribution in [0.5, 0.6) is 0 Å². The molecule has 0 aliphatic heterocycles. The minimum Gasteiger partial charge on any atom is -0.457 e. The second kappa shape index (κ2) is 11.3. The maximum atomic E-state index is 13.6. The molecule has 0 amide bonds. The van der Waals surface area contributed by atoms with Gasteiger partial charge in [0.25, 0.3) is 0 Å². The van der Waals surface area contributed by atoms with Crippen molar-refractivity contribution in [3.63, 3.8) is 0 Å². The molecule has 0 N–H and O–H groups in total. The Labute approximate surface area is 240 Å². The highest BCUT2D eigenvalue weighted by molar-refractivity contribution is 5.93. The topological polar surface area (TPSA) is 61.2 Å². The van der Waals surface area contributed by atoms with E-state index in [-0.39, 0.29) is 23.4 Å². The smallest absolute Gasteiger partial charge is 0.314 e. The van der Waals surface area contributed by atoms with Gasteiger partial charge in [0.05, 0.1) is 16.8 Å². The number of esters is 1. The van der Waals surface area contributed by atoms with E-state index in [0.29, 0.717) is 28.9 Å². The summed E-state index contributed by atoms with van der Waals surface area (Å²) in [5.41, 5.74) is 6.51. The van der Waals surface area contributed by atoms with Crippen molar-refractivity contribution in [1.29, 1.82) is 0 Å². The van der Waals surface area contributed by atoms with Crippen LogP contribution in [0, 0.1) is 19.8 Å². The van der Waals surface area contributed by atoms with Crippen molar-refractivity contribution in [2.75, 3.05) is 0 Å². The number of para-hydroxylation sites is 1. The van der Waals surface area contributed by atoms with E-state index in [1.807, 2.05) is 81.4 Å². The molecule has 2 heterocycles. The zero-order valence-corrected chi connectivity index (χ0v) is 24.0. The lowest BCUT2D eigenvalue weighted by molar-refractivity contribution is -0.152. The lowest BCUT2D eigenvalue weighted by Gasteiger charge is -2.25. The predicted octanol–water partition coefficient (Wildman–Crippen LogP) is 7.79. The summed E-state index contributed by atoms with van der Waals surface area (Å²) in [5, 5.41) is 1.37. The predicted molar refractivity (Wildman–Crippen MR) is 164 cm³/mol. The fourth-order valence-corrected chi connectivity index (χ4v) is 6.55. The highest BCUT2D eigenvalue weighted by Gasteiger charge is 2.34. The number of ether oxygens (including phenoxy) is 1. The molecule has 5 heteroatoms. The summed E-state index contributed by atoms with van der Waals surface area (Å²) in [7, 11) is 0. The van der Waals surface area contributed by atoms with E-state index in [2.05, 4.69) is 28.8 Å². The molecule has 1 aliphatic carbocycles. The number of carbonyl (C=O) groups is 1. The van der Waals surface area contributed by atoms with Crippen LogP contribution in [0.2, 0.25) is 0 Å². The molecule has 0 spiro atoms. The van der Waals surface area contributed by atoms with Crippen molar-refractivity contribution >= 4 is 27.9 Å². The van der Waals surface area contributed by atoms with E-state index < -0.39 is 0 Å². The fourth-order valence-electron chi connectivity index (χ4n) is 6.55. The third-order valence-corrected chi connectivity index (χ3v) is 8.61. The largest absolute Gasteiger partial charge is 0.457 e. The van der Waals surface area contributed by atoms with Crippen LogP contribution in [0.3, 0.4) is 0 Å². The van der Waals surface area contributed by atoms with E-state index in [4.69, 9.17) is 9.72 Å². The fraction of sp³-hybridized carbons (Fsp3) is 0.306. The van der Waals surface area contributed by atoms with Crippen LogP contribution in [-0.4, -0.2) is 15.5 Å². The summed E-state index contributed by atoms with van der Waals surface area (Å²) in [5.74, 6) is -0.134. The first-order valence-corrected chi connectivity index (χ1v) is 14.6. The number of hydrogen-bond donors (Lipinski definition) is 0. The normalized spacial score (nSPS) is 15.3. The Morgan fingerprint density at radius 2 is 1.61 bits per heavy atom. The molecule has 208 valence electrons. The number of benzene rings is 3. The van der Waals surface area contributed by atoms with Gasteiger partial charge in [-0.25, -0.2) is 4.98 Å². The molecule has 6 rings (SSSR count). The lowest BCUT2D eigenvalue weighted by atomic mass is 9.84. The van der Waals surface area contributed by atoms with Gasteiger partial charge >= 0.3 is 5.97 Å². The molecule has 0 radical (unpaired) electrons. The number of aromatic nitrogens is 2. The van der Waals surface area contributed by atoms with Crippen molar-refractivity contribution in [1.82, 2.24) is 9.55 Å². The minimum atomic E-state index is -0.298. The summed E-state index contributed by atoms with van der Waals surface area (Å²) < 4.78 is 8.18. The molecular weight excluding hydrogens is 508 g/mol. The maximum Gasteiger partial charge on any atom is 0.314 e. The highest BCUT2D eigenvalue weighted by Crippen LogP contribution is 2.39. The zero-order valence-electron chi connectivity index (χ0n) is 24.0. The molecule has 3 aromatic carbocycles. The Bertz CT molecular complexity index is 1770. The van der Waals surface area contributed by atoms with Crippen molar-refractivity contribution in [3.05, 3.63) is 123 Å². The Balaban J connectivity index is 1.34. The summed E-state index contributed by atoms with van der Waals surface area (Å²) in [6, 6.07) is 28.0. The van der Waals surface area contributed by atoms with Gasteiger partial charge in [0, 0.05) is 17.6 Å². The number of fused-ring (bicyclic) bond motifs is 2. The molecule has 2 atom stereocenters. The minimum absolute atomic E-state index is 0.0230. The molecule has 5 aromatic rings. The number of rotatable bonds is 7. The van der Waals surface area contributed by atoms with Gasteiger partial charge in [0.15, 0.2) is 5.43 Å². The van der Waals surface area contributed by atoms with E-state index >= 15 is 0 Å². The van der Waals surface area contributed by atoms with Crippen LogP contribution in [-0.2, 0) is 16.1 Å². The van der Waals surface area contributed by atoms with Crippen LogP contribution < -0.4 is 5.43 Å². The maximum absolute atomic E-state index is 13.6. The second-order valence-electron chi connectivity index (χ2n) is 11.5. The van der Waals surface area contributed by atoms with Crippen molar-refractivity contribution in [3.8, 4) is 0 Å².